The van der Waals surface area contributed by atoms with Crippen molar-refractivity contribution in [3.8, 4) is 0 Å². The van der Waals surface area contributed by atoms with Crippen LogP contribution in [0.5, 0.6) is 0 Å². The van der Waals surface area contributed by atoms with Crippen LogP contribution in [-0.4, -0.2) is 54.6 Å². The van der Waals surface area contributed by atoms with Crippen molar-refractivity contribution in [3.63, 3.8) is 0 Å². The second-order valence-corrected chi connectivity index (χ2v) is 12.3. The molecule has 1 aromatic carbocycles. The lowest BCUT2D eigenvalue weighted by atomic mass is 10.1. The lowest BCUT2D eigenvalue weighted by Crippen LogP contribution is -2.32. The highest BCUT2D eigenvalue weighted by molar-refractivity contribution is 7.98. The van der Waals surface area contributed by atoms with Crippen molar-refractivity contribution in [2.75, 3.05) is 13.6 Å². The molecule has 0 aliphatic heterocycles. The summed E-state index contributed by atoms with van der Waals surface area (Å²) in [6.07, 6.45) is 16.4. The van der Waals surface area contributed by atoms with E-state index in [2.05, 4.69) is 16.9 Å². The minimum atomic E-state index is -1.19. The lowest BCUT2D eigenvalue weighted by Gasteiger charge is -2.20. The highest BCUT2D eigenvalue weighted by Crippen LogP contribution is 2.21. The molecule has 0 aliphatic carbocycles. The molecule has 12 heteroatoms. The maximum Gasteiger partial charge on any atom is 0.348 e. The number of unbranched alkanes of at least 4 members (excludes halogenated alkanes) is 9. The van der Waals surface area contributed by atoms with Crippen LogP contribution in [0.1, 0.15) is 87.8 Å². The average Bonchev–Trinajstić information content (AvgIpc) is 3.00. The molecule has 0 saturated carbocycles. The van der Waals surface area contributed by atoms with Gasteiger partial charge in [0.25, 0.3) is 5.56 Å². The summed E-state index contributed by atoms with van der Waals surface area (Å²) >= 11 is 1.27. The van der Waals surface area contributed by atoms with Gasteiger partial charge in [-0.3, -0.25) is 19.0 Å². The number of aromatic nitrogens is 4. The molecule has 45 heavy (non-hydrogen) atoms. The van der Waals surface area contributed by atoms with Crippen LogP contribution >= 0.6 is 11.8 Å². The molecule has 0 saturated heterocycles. The van der Waals surface area contributed by atoms with Gasteiger partial charge in [-0.2, -0.15) is 4.98 Å². The number of aliphatic carboxylic acids is 1. The Bertz CT molecular complexity index is 1510. The van der Waals surface area contributed by atoms with E-state index in [0.717, 1.165) is 29.4 Å². The van der Waals surface area contributed by atoms with Gasteiger partial charge in [0, 0.05) is 49.9 Å². The number of hydrogen-bond donors (Lipinski definition) is 1. The highest BCUT2D eigenvalue weighted by atomic mass is 32.2. The van der Waals surface area contributed by atoms with E-state index in [1.54, 1.807) is 34.8 Å². The molecule has 0 unspecified atom stereocenters. The van der Waals surface area contributed by atoms with Crippen LogP contribution in [0, 0.1) is 5.82 Å². The molecule has 10 nitrogen and oxygen atoms in total. The van der Waals surface area contributed by atoms with E-state index in [1.807, 2.05) is 0 Å². The summed E-state index contributed by atoms with van der Waals surface area (Å²) in [6.45, 7) is 2.27. The number of nitrogens with zero attached hydrogens (tertiary/aromatic N) is 5. The van der Waals surface area contributed by atoms with E-state index in [9.17, 15) is 23.6 Å². The van der Waals surface area contributed by atoms with Gasteiger partial charge in [0.15, 0.2) is 5.16 Å². The first kappa shape index (κ1) is 35.7. The third-order valence-electron chi connectivity index (χ3n) is 7.50. The van der Waals surface area contributed by atoms with Gasteiger partial charge in [0.1, 0.15) is 18.9 Å². The molecule has 0 fully saturated rings. The fourth-order valence-electron chi connectivity index (χ4n) is 4.90. The Morgan fingerprint density at radius 2 is 1.53 bits per heavy atom. The summed E-state index contributed by atoms with van der Waals surface area (Å²) in [5.74, 6) is -1.24. The summed E-state index contributed by atoms with van der Waals surface area (Å²) in [5.41, 5.74) is 0.351. The van der Waals surface area contributed by atoms with Crippen LogP contribution in [0.15, 0.2) is 57.6 Å². The number of rotatable bonds is 20. The summed E-state index contributed by atoms with van der Waals surface area (Å²) in [5, 5.41) is 9.44. The highest BCUT2D eigenvalue weighted by Gasteiger charge is 2.16. The van der Waals surface area contributed by atoms with Crippen molar-refractivity contribution in [1.29, 1.82) is 0 Å². The number of carbonyl (C=O) groups is 2. The molecule has 2 heterocycles. The number of carboxylic acid groups (broad SMARTS) is 1. The SMILES string of the molecule is CCCCCCCCCCCCN(C)C(=O)Cn1cc(Cc2cnc(=O)n(CC(=O)O)c2)c(=O)nc1SCc1ccc(F)cc1. The van der Waals surface area contributed by atoms with E-state index in [-0.39, 0.29) is 30.3 Å². The molecular formula is C33H44FN5O5S. The van der Waals surface area contributed by atoms with Crippen LogP contribution in [0.25, 0.3) is 0 Å². The first-order valence-electron chi connectivity index (χ1n) is 15.6. The zero-order valence-corrected chi connectivity index (χ0v) is 27.1. The van der Waals surface area contributed by atoms with Gasteiger partial charge in [-0.05, 0) is 29.7 Å². The molecule has 0 aliphatic rings. The monoisotopic (exact) mass is 641 g/mol. The van der Waals surface area contributed by atoms with Crippen molar-refractivity contribution in [3.05, 3.63) is 86.2 Å². The Morgan fingerprint density at radius 3 is 2.18 bits per heavy atom. The second-order valence-electron chi connectivity index (χ2n) is 11.3. The molecule has 3 aromatic rings. The molecule has 1 amide bonds. The Balaban J connectivity index is 1.68. The van der Waals surface area contributed by atoms with Crippen molar-refractivity contribution in [2.24, 2.45) is 0 Å². The van der Waals surface area contributed by atoms with E-state index >= 15 is 0 Å². The van der Waals surface area contributed by atoms with Crippen LogP contribution in [-0.2, 0) is 34.9 Å². The van der Waals surface area contributed by atoms with Crippen molar-refractivity contribution >= 4 is 23.6 Å². The minimum Gasteiger partial charge on any atom is -0.480 e. The van der Waals surface area contributed by atoms with Crippen molar-refractivity contribution in [1.82, 2.24) is 24.0 Å². The van der Waals surface area contributed by atoms with Gasteiger partial charge in [-0.1, -0.05) is 88.6 Å². The fraction of sp³-hybridized carbons (Fsp3) is 0.515. The summed E-state index contributed by atoms with van der Waals surface area (Å²) in [7, 11) is 1.77. The zero-order chi connectivity index (χ0) is 32.6. The van der Waals surface area contributed by atoms with Crippen molar-refractivity contribution in [2.45, 2.75) is 102 Å². The van der Waals surface area contributed by atoms with E-state index in [1.165, 1.54) is 81.2 Å². The number of halogens is 1. The number of likely N-dealkylation sites (N-methyl/N-ethyl adjacent to an activating group) is 1. The van der Waals surface area contributed by atoms with Gasteiger partial charge in [-0.15, -0.1) is 0 Å². The number of benzene rings is 1. The lowest BCUT2D eigenvalue weighted by molar-refractivity contribution is -0.137. The Hall–Kier alpha value is -3.80. The third kappa shape index (κ3) is 12.6. The van der Waals surface area contributed by atoms with E-state index < -0.39 is 23.8 Å². The van der Waals surface area contributed by atoms with Crippen LogP contribution in [0.4, 0.5) is 4.39 Å². The number of hydrogen-bond acceptors (Lipinski definition) is 7. The summed E-state index contributed by atoms with van der Waals surface area (Å²) in [6, 6.07) is 6.04. The Morgan fingerprint density at radius 1 is 0.889 bits per heavy atom. The Labute approximate surface area is 267 Å². The third-order valence-corrected chi connectivity index (χ3v) is 8.56. The number of carboxylic acids is 1. The zero-order valence-electron chi connectivity index (χ0n) is 26.3. The Kier molecular flexibility index (Phi) is 15.0. The molecule has 244 valence electrons. The van der Waals surface area contributed by atoms with E-state index in [0.29, 0.717) is 23.0 Å². The molecule has 2 aromatic heterocycles. The molecule has 3 rings (SSSR count). The van der Waals surface area contributed by atoms with Crippen LogP contribution in [0.3, 0.4) is 0 Å². The van der Waals surface area contributed by atoms with Gasteiger partial charge in [-0.25, -0.2) is 14.2 Å². The van der Waals surface area contributed by atoms with E-state index in [4.69, 9.17) is 5.11 Å². The minimum absolute atomic E-state index is 0.0307. The van der Waals surface area contributed by atoms with Crippen LogP contribution in [0.2, 0.25) is 0 Å². The fourth-order valence-corrected chi connectivity index (χ4v) is 5.82. The number of amides is 1. The smallest absolute Gasteiger partial charge is 0.348 e. The van der Waals surface area contributed by atoms with Gasteiger partial charge in [0.2, 0.25) is 5.91 Å². The van der Waals surface area contributed by atoms with Gasteiger partial charge >= 0.3 is 11.7 Å². The predicted molar refractivity (Wildman–Crippen MR) is 173 cm³/mol. The molecule has 0 spiro atoms. The maximum absolute atomic E-state index is 13.4. The molecule has 0 atom stereocenters. The molecular weight excluding hydrogens is 597 g/mol. The largest absolute Gasteiger partial charge is 0.480 e. The summed E-state index contributed by atoms with van der Waals surface area (Å²) in [4.78, 5) is 59.1. The van der Waals surface area contributed by atoms with Crippen LogP contribution < -0.4 is 11.2 Å². The standard InChI is InChI=1S/C33H44FN5O5S/c1-3-4-5-6-7-8-9-10-11-12-17-37(2)29(40)22-39-21-27(18-26-19-35-32(44)38(20-26)23-30(41)42)31(43)36-33(39)45-24-25-13-15-28(34)16-14-25/h13-16,19-21H,3-12,17-18,22-24H2,1-2H3,(H,41,42). The first-order chi connectivity index (χ1) is 21.7. The second kappa shape index (κ2) is 18.9. The maximum atomic E-state index is 13.4. The van der Waals surface area contributed by atoms with Gasteiger partial charge in [0.05, 0.1) is 0 Å². The number of carbonyl (C=O) groups excluding carboxylic acids is 1. The normalized spacial score (nSPS) is 11.1. The molecule has 0 radical (unpaired) electrons. The van der Waals surface area contributed by atoms with Gasteiger partial charge < -0.3 is 14.6 Å². The topological polar surface area (TPSA) is 127 Å². The summed E-state index contributed by atoms with van der Waals surface area (Å²) < 4.78 is 16.0. The number of thioether (sulfide) groups is 1. The average molecular weight is 642 g/mol. The quantitative estimate of drug-likeness (QED) is 0.100. The molecule has 1 N–H and O–H groups in total. The van der Waals surface area contributed by atoms with Crippen molar-refractivity contribution < 1.29 is 19.1 Å². The first-order valence-corrected chi connectivity index (χ1v) is 16.6. The predicted octanol–water partition coefficient (Wildman–Crippen LogP) is 5.29. The molecule has 0 bridgehead atoms.